The molecule has 1 amide bonds. The lowest BCUT2D eigenvalue weighted by atomic mass is 10.1. The number of pyridine rings is 1. The number of methoxy groups -OCH3 is 1. The lowest BCUT2D eigenvalue weighted by molar-refractivity contribution is -0.133. The van der Waals surface area contributed by atoms with Gasteiger partial charge in [0.1, 0.15) is 11.4 Å². The summed E-state index contributed by atoms with van der Waals surface area (Å²) in [5, 5.41) is 2.68. The van der Waals surface area contributed by atoms with Gasteiger partial charge < -0.3 is 10.1 Å². The Morgan fingerprint density at radius 1 is 1.53 bits per heavy atom. The number of hydrogen-bond donors (Lipinski definition) is 1. The predicted molar refractivity (Wildman–Crippen MR) is 66.7 cm³/mol. The molecule has 0 bridgehead atoms. The first-order valence-electron chi connectivity index (χ1n) is 4.44. The largest absolute Gasteiger partial charge is 0.369 e. The fourth-order valence-electron chi connectivity index (χ4n) is 0.809. The first-order chi connectivity index (χ1) is 6.95. The molecule has 15 heavy (non-hydrogen) atoms. The number of nitrogens with one attached hydrogen (secondary N) is 1. The van der Waals surface area contributed by atoms with Crippen molar-refractivity contribution in [3.05, 3.63) is 21.9 Å². The van der Waals surface area contributed by atoms with Crippen LogP contribution >= 0.6 is 22.6 Å². The molecule has 0 aliphatic heterocycles. The Bertz CT molecular complexity index is 349. The van der Waals surface area contributed by atoms with Crippen LogP contribution in [-0.4, -0.2) is 23.6 Å². The summed E-state index contributed by atoms with van der Waals surface area (Å²) in [4.78, 5) is 15.7. The SMILES string of the molecule is COC(C)(C)C(=O)Nc1ccc(I)cn1. The third kappa shape index (κ3) is 3.42. The maximum absolute atomic E-state index is 11.7. The van der Waals surface area contributed by atoms with Crippen LogP contribution in [0.15, 0.2) is 18.3 Å². The van der Waals surface area contributed by atoms with Gasteiger partial charge in [-0.15, -0.1) is 0 Å². The third-order valence-electron chi connectivity index (χ3n) is 2.03. The fourth-order valence-corrected chi connectivity index (χ4v) is 1.13. The van der Waals surface area contributed by atoms with Crippen molar-refractivity contribution in [1.29, 1.82) is 0 Å². The normalized spacial score (nSPS) is 11.2. The summed E-state index contributed by atoms with van der Waals surface area (Å²) >= 11 is 2.15. The number of halogens is 1. The van der Waals surface area contributed by atoms with Crippen LogP contribution in [0.5, 0.6) is 0 Å². The summed E-state index contributed by atoms with van der Waals surface area (Å²) in [5.74, 6) is 0.323. The summed E-state index contributed by atoms with van der Waals surface area (Å²) in [6, 6.07) is 3.63. The van der Waals surface area contributed by atoms with Gasteiger partial charge in [0.2, 0.25) is 0 Å². The van der Waals surface area contributed by atoms with E-state index in [-0.39, 0.29) is 5.91 Å². The van der Waals surface area contributed by atoms with Gasteiger partial charge in [0.15, 0.2) is 0 Å². The first kappa shape index (κ1) is 12.4. The molecule has 1 aromatic rings. The molecule has 0 spiro atoms. The van der Waals surface area contributed by atoms with E-state index in [1.807, 2.05) is 6.07 Å². The molecular formula is C10H13IN2O2. The van der Waals surface area contributed by atoms with Crippen molar-refractivity contribution in [3.63, 3.8) is 0 Å². The molecule has 0 unspecified atom stereocenters. The van der Waals surface area contributed by atoms with Crippen LogP contribution in [-0.2, 0) is 9.53 Å². The number of hydrogen-bond acceptors (Lipinski definition) is 3. The van der Waals surface area contributed by atoms with E-state index >= 15 is 0 Å². The number of nitrogens with zero attached hydrogens (tertiary/aromatic N) is 1. The Kier molecular flexibility index (Phi) is 4.04. The van der Waals surface area contributed by atoms with Crippen molar-refractivity contribution in [3.8, 4) is 0 Å². The second kappa shape index (κ2) is 4.89. The summed E-state index contributed by atoms with van der Waals surface area (Å²) in [6.45, 7) is 3.41. The topological polar surface area (TPSA) is 51.2 Å². The Morgan fingerprint density at radius 3 is 2.67 bits per heavy atom. The molecular weight excluding hydrogens is 307 g/mol. The minimum absolute atomic E-state index is 0.210. The monoisotopic (exact) mass is 320 g/mol. The second-order valence-electron chi connectivity index (χ2n) is 3.53. The van der Waals surface area contributed by atoms with Crippen molar-refractivity contribution < 1.29 is 9.53 Å². The van der Waals surface area contributed by atoms with Crippen LogP contribution in [0.3, 0.4) is 0 Å². The number of rotatable bonds is 3. The molecule has 0 saturated carbocycles. The lowest BCUT2D eigenvalue weighted by Gasteiger charge is -2.21. The highest BCUT2D eigenvalue weighted by Crippen LogP contribution is 2.12. The van der Waals surface area contributed by atoms with Crippen molar-refractivity contribution in [2.75, 3.05) is 12.4 Å². The number of aromatic nitrogens is 1. The Hall–Kier alpha value is -0.690. The van der Waals surface area contributed by atoms with Gasteiger partial charge in [-0.2, -0.15) is 0 Å². The van der Waals surface area contributed by atoms with E-state index in [0.29, 0.717) is 5.82 Å². The molecule has 0 saturated heterocycles. The van der Waals surface area contributed by atoms with Crippen LogP contribution in [0.1, 0.15) is 13.8 Å². The van der Waals surface area contributed by atoms with Gasteiger partial charge >= 0.3 is 0 Å². The molecule has 0 atom stereocenters. The number of carbonyl (C=O) groups excluding carboxylic acids is 1. The maximum Gasteiger partial charge on any atom is 0.257 e. The Morgan fingerprint density at radius 2 is 2.20 bits per heavy atom. The van der Waals surface area contributed by atoms with Gasteiger partial charge in [-0.1, -0.05) is 0 Å². The van der Waals surface area contributed by atoms with Crippen LogP contribution in [0.2, 0.25) is 0 Å². The lowest BCUT2D eigenvalue weighted by Crippen LogP contribution is -2.39. The number of ether oxygens (including phenoxy) is 1. The molecule has 1 N–H and O–H groups in total. The molecule has 1 heterocycles. The zero-order chi connectivity index (χ0) is 11.5. The Balaban J connectivity index is 2.71. The minimum atomic E-state index is -0.843. The first-order valence-corrected chi connectivity index (χ1v) is 5.52. The Labute approximate surface area is 103 Å². The van der Waals surface area contributed by atoms with Gasteiger partial charge in [0, 0.05) is 16.9 Å². The van der Waals surface area contributed by atoms with Gasteiger partial charge in [0.05, 0.1) is 0 Å². The molecule has 82 valence electrons. The van der Waals surface area contributed by atoms with E-state index in [1.165, 1.54) is 7.11 Å². The van der Waals surface area contributed by atoms with Crippen LogP contribution in [0.25, 0.3) is 0 Å². The standard InChI is InChI=1S/C10H13IN2O2/c1-10(2,15-3)9(14)13-8-5-4-7(11)6-12-8/h4-6H,1-3H3,(H,12,13,14). The van der Waals surface area contributed by atoms with Crippen molar-refractivity contribution in [1.82, 2.24) is 4.98 Å². The molecule has 1 rings (SSSR count). The molecule has 5 heteroatoms. The molecule has 0 aromatic carbocycles. The highest BCUT2D eigenvalue weighted by atomic mass is 127. The van der Waals surface area contributed by atoms with E-state index in [4.69, 9.17) is 4.74 Å². The molecule has 1 aromatic heterocycles. The van der Waals surface area contributed by atoms with Gasteiger partial charge in [-0.25, -0.2) is 4.98 Å². The van der Waals surface area contributed by atoms with Gasteiger partial charge in [0.25, 0.3) is 5.91 Å². The number of amides is 1. The number of anilines is 1. The molecule has 0 radical (unpaired) electrons. The molecule has 0 aliphatic carbocycles. The minimum Gasteiger partial charge on any atom is -0.369 e. The van der Waals surface area contributed by atoms with E-state index in [2.05, 4.69) is 32.9 Å². The molecule has 0 aliphatic rings. The van der Waals surface area contributed by atoms with Crippen molar-refractivity contribution >= 4 is 34.3 Å². The van der Waals surface area contributed by atoms with Gasteiger partial charge in [-0.3, -0.25) is 4.79 Å². The highest BCUT2D eigenvalue weighted by Gasteiger charge is 2.27. The fraction of sp³-hybridized carbons (Fsp3) is 0.400. The van der Waals surface area contributed by atoms with E-state index < -0.39 is 5.60 Å². The summed E-state index contributed by atoms with van der Waals surface area (Å²) in [7, 11) is 1.50. The third-order valence-corrected chi connectivity index (χ3v) is 2.66. The van der Waals surface area contributed by atoms with E-state index in [1.54, 1.807) is 26.1 Å². The molecule has 4 nitrogen and oxygen atoms in total. The van der Waals surface area contributed by atoms with Crippen LogP contribution in [0.4, 0.5) is 5.82 Å². The maximum atomic E-state index is 11.7. The van der Waals surface area contributed by atoms with Gasteiger partial charge in [-0.05, 0) is 48.6 Å². The average Bonchev–Trinajstić information content (AvgIpc) is 2.21. The predicted octanol–water partition coefficient (Wildman–Crippen LogP) is 2.05. The van der Waals surface area contributed by atoms with E-state index in [9.17, 15) is 4.79 Å². The zero-order valence-electron chi connectivity index (χ0n) is 8.87. The van der Waals surface area contributed by atoms with Crippen LogP contribution < -0.4 is 5.32 Å². The zero-order valence-corrected chi connectivity index (χ0v) is 11.0. The summed E-state index contributed by atoms with van der Waals surface area (Å²) in [6.07, 6.45) is 1.69. The highest BCUT2D eigenvalue weighted by molar-refractivity contribution is 14.1. The molecule has 0 fully saturated rings. The van der Waals surface area contributed by atoms with Crippen molar-refractivity contribution in [2.45, 2.75) is 19.4 Å². The smallest absolute Gasteiger partial charge is 0.257 e. The van der Waals surface area contributed by atoms with Crippen LogP contribution in [0, 0.1) is 3.57 Å². The van der Waals surface area contributed by atoms with Crippen molar-refractivity contribution in [2.24, 2.45) is 0 Å². The number of carbonyl (C=O) groups is 1. The van der Waals surface area contributed by atoms with E-state index in [0.717, 1.165) is 3.57 Å². The summed E-state index contributed by atoms with van der Waals surface area (Å²) in [5.41, 5.74) is -0.843. The second-order valence-corrected chi connectivity index (χ2v) is 4.78. The quantitative estimate of drug-likeness (QED) is 0.867. The average molecular weight is 320 g/mol. The summed E-state index contributed by atoms with van der Waals surface area (Å²) < 4.78 is 6.08.